The summed E-state index contributed by atoms with van der Waals surface area (Å²) in [5.41, 5.74) is 5.61. The summed E-state index contributed by atoms with van der Waals surface area (Å²) in [7, 11) is 1.83. The molecule has 5 rings (SSSR count). The molecular formula is C32H52FN3O3. The highest BCUT2D eigenvalue weighted by Crippen LogP contribution is 2.41. The molecule has 0 aromatic rings. The Labute approximate surface area is 236 Å². The van der Waals surface area contributed by atoms with E-state index in [1.807, 2.05) is 7.11 Å². The summed E-state index contributed by atoms with van der Waals surface area (Å²) in [6.07, 6.45) is 7.96. The van der Waals surface area contributed by atoms with Crippen LogP contribution in [-0.4, -0.2) is 93.3 Å². The molecule has 1 N–H and O–H groups in total. The second-order valence-electron chi connectivity index (χ2n) is 12.4. The van der Waals surface area contributed by atoms with Crippen molar-refractivity contribution in [3.05, 3.63) is 34.3 Å². The molecule has 0 radical (unpaired) electrons. The number of methoxy groups -OCH3 is 1. The van der Waals surface area contributed by atoms with Crippen LogP contribution in [0.2, 0.25) is 0 Å². The zero-order valence-corrected chi connectivity index (χ0v) is 25.0. The molecule has 0 aromatic heterocycles. The predicted molar refractivity (Wildman–Crippen MR) is 154 cm³/mol. The monoisotopic (exact) mass is 545 g/mol. The van der Waals surface area contributed by atoms with Crippen molar-refractivity contribution in [1.82, 2.24) is 15.1 Å². The summed E-state index contributed by atoms with van der Waals surface area (Å²) in [5, 5.41) is 3.75. The molecule has 0 bridgehead atoms. The molecule has 6 nitrogen and oxygen atoms in total. The quantitative estimate of drug-likeness (QED) is 0.406. The molecular weight excluding hydrogens is 493 g/mol. The van der Waals surface area contributed by atoms with Gasteiger partial charge >= 0.3 is 0 Å². The molecule has 0 saturated carbocycles. The number of allylic oxidation sites excluding steroid dienone is 2. The molecule has 6 atom stereocenters. The number of halogens is 1. The third-order valence-electron chi connectivity index (χ3n) is 10.1. The Morgan fingerprint density at radius 2 is 1.97 bits per heavy atom. The van der Waals surface area contributed by atoms with Gasteiger partial charge in [0.15, 0.2) is 0 Å². The van der Waals surface area contributed by atoms with Gasteiger partial charge in [-0.05, 0) is 83.3 Å². The number of likely N-dealkylation sites (tertiary alicyclic amines) is 1. The van der Waals surface area contributed by atoms with E-state index < -0.39 is 6.17 Å². The molecule has 1 fully saturated rings. The zero-order valence-electron chi connectivity index (χ0n) is 25.0. The summed E-state index contributed by atoms with van der Waals surface area (Å²) in [6, 6.07) is 1.14. The Morgan fingerprint density at radius 1 is 1.15 bits per heavy atom. The largest absolute Gasteiger partial charge is 0.498 e. The van der Waals surface area contributed by atoms with E-state index >= 15 is 0 Å². The van der Waals surface area contributed by atoms with Crippen LogP contribution in [0.15, 0.2) is 34.3 Å². The van der Waals surface area contributed by atoms with Crippen LogP contribution >= 0.6 is 0 Å². The normalized spacial score (nSPS) is 33.8. The molecule has 1 saturated heterocycles. The van der Waals surface area contributed by atoms with Gasteiger partial charge in [-0.2, -0.15) is 0 Å². The van der Waals surface area contributed by atoms with Crippen molar-refractivity contribution in [2.45, 2.75) is 103 Å². The van der Waals surface area contributed by atoms with E-state index in [1.54, 1.807) is 5.57 Å². The van der Waals surface area contributed by atoms with E-state index in [4.69, 9.17) is 14.2 Å². The summed E-state index contributed by atoms with van der Waals surface area (Å²) in [6.45, 7) is 15.7. The Bertz CT molecular complexity index is 943. The fourth-order valence-corrected chi connectivity index (χ4v) is 7.73. The van der Waals surface area contributed by atoms with Crippen molar-refractivity contribution >= 4 is 0 Å². The van der Waals surface area contributed by atoms with Gasteiger partial charge in [-0.1, -0.05) is 6.08 Å². The number of hydrogen-bond donors (Lipinski definition) is 1. The summed E-state index contributed by atoms with van der Waals surface area (Å²) in [5.74, 6) is 2.18. The van der Waals surface area contributed by atoms with Gasteiger partial charge in [-0.3, -0.25) is 9.80 Å². The van der Waals surface area contributed by atoms with Crippen LogP contribution in [0, 0.1) is 11.8 Å². The van der Waals surface area contributed by atoms with Gasteiger partial charge < -0.3 is 19.5 Å². The lowest BCUT2D eigenvalue weighted by atomic mass is 9.79. The first-order valence-electron chi connectivity index (χ1n) is 15.7. The summed E-state index contributed by atoms with van der Waals surface area (Å²) < 4.78 is 32.1. The molecule has 0 amide bonds. The molecule has 3 heterocycles. The Kier molecular flexibility index (Phi) is 9.74. The Balaban J connectivity index is 1.19. The fraction of sp³-hybridized carbons (Fsp3) is 0.812. The van der Waals surface area contributed by atoms with Gasteiger partial charge in [0.1, 0.15) is 11.9 Å². The molecule has 220 valence electrons. The third kappa shape index (κ3) is 6.42. The van der Waals surface area contributed by atoms with E-state index in [0.29, 0.717) is 50.0 Å². The van der Waals surface area contributed by atoms with Crippen LogP contribution in [0.4, 0.5) is 4.39 Å². The maximum absolute atomic E-state index is 13.9. The Hall–Kier alpha value is -1.41. The lowest BCUT2D eigenvalue weighted by Gasteiger charge is -2.52. The zero-order chi connectivity index (χ0) is 27.5. The van der Waals surface area contributed by atoms with E-state index in [2.05, 4.69) is 48.9 Å². The van der Waals surface area contributed by atoms with E-state index in [9.17, 15) is 4.39 Å². The molecule has 3 aliphatic heterocycles. The standard InChI is InChI=1S/C32H52FN3O3/c1-6-38-30-14-23(15-31(39-7-2)32(30)24-8-10-26(33)11-9-24)18-35-19-27(20-35)36-13-12-29-28(21(36)3)16-25(17-34-29)22(4)37-5/h8,21-23,25-27,30,34H,6-7,9-20H2,1-5H3/t21-,22+,23-,25+,26+,30+/m1/s1. The molecule has 0 unspecified atom stereocenters. The molecule has 2 aliphatic carbocycles. The van der Waals surface area contributed by atoms with Crippen LogP contribution < -0.4 is 5.32 Å². The number of alkyl halides is 1. The highest BCUT2D eigenvalue weighted by molar-refractivity contribution is 5.40. The maximum atomic E-state index is 13.9. The number of nitrogens with one attached hydrogen (secondary N) is 1. The SMILES string of the molecule is CCOC1=C(C2=CC[C@H](F)CC2)[C@@H](OCC)C[C@@H](CN2CC(N3CCC4=C(C[C@H]([C@H](C)OC)CN4)[C@H]3C)C2)C1. The third-order valence-corrected chi connectivity index (χ3v) is 10.1. The molecule has 0 aromatic carbocycles. The van der Waals surface area contributed by atoms with Crippen molar-refractivity contribution < 1.29 is 18.6 Å². The van der Waals surface area contributed by atoms with E-state index in [0.717, 1.165) is 70.6 Å². The van der Waals surface area contributed by atoms with Gasteiger partial charge in [0, 0.05) is 82.1 Å². The molecule has 5 aliphatic rings. The van der Waals surface area contributed by atoms with E-state index in [-0.39, 0.29) is 12.2 Å². The van der Waals surface area contributed by atoms with Gasteiger partial charge in [-0.25, -0.2) is 4.39 Å². The lowest BCUT2D eigenvalue weighted by Crippen LogP contribution is -2.63. The number of hydrogen-bond acceptors (Lipinski definition) is 6. The maximum Gasteiger partial charge on any atom is 0.104 e. The highest BCUT2D eigenvalue weighted by atomic mass is 19.1. The van der Waals surface area contributed by atoms with Crippen LogP contribution in [0.3, 0.4) is 0 Å². The first-order valence-corrected chi connectivity index (χ1v) is 15.7. The van der Waals surface area contributed by atoms with Crippen molar-refractivity contribution in [3.63, 3.8) is 0 Å². The minimum Gasteiger partial charge on any atom is -0.498 e. The second kappa shape index (κ2) is 13.1. The second-order valence-corrected chi connectivity index (χ2v) is 12.4. The highest BCUT2D eigenvalue weighted by Gasteiger charge is 2.41. The minimum absolute atomic E-state index is 0.0588. The number of nitrogens with zero attached hydrogens (tertiary/aromatic N) is 2. The average Bonchev–Trinajstić information content (AvgIpc) is 2.92. The van der Waals surface area contributed by atoms with Crippen LogP contribution in [-0.2, 0) is 14.2 Å². The number of ether oxygens (including phenoxy) is 3. The lowest BCUT2D eigenvalue weighted by molar-refractivity contribution is -0.00941. The molecule has 39 heavy (non-hydrogen) atoms. The van der Waals surface area contributed by atoms with E-state index in [1.165, 1.54) is 16.8 Å². The topological polar surface area (TPSA) is 46.2 Å². The predicted octanol–water partition coefficient (Wildman–Crippen LogP) is 5.22. The summed E-state index contributed by atoms with van der Waals surface area (Å²) >= 11 is 0. The average molecular weight is 546 g/mol. The first-order chi connectivity index (χ1) is 18.9. The molecule has 0 spiro atoms. The first kappa shape index (κ1) is 29.1. The molecule has 7 heteroatoms. The van der Waals surface area contributed by atoms with Gasteiger partial charge in [0.2, 0.25) is 0 Å². The van der Waals surface area contributed by atoms with Crippen molar-refractivity contribution in [2.24, 2.45) is 11.8 Å². The van der Waals surface area contributed by atoms with Gasteiger partial charge in [-0.15, -0.1) is 0 Å². The minimum atomic E-state index is -0.707. The van der Waals surface area contributed by atoms with Crippen molar-refractivity contribution in [1.29, 1.82) is 0 Å². The smallest absolute Gasteiger partial charge is 0.104 e. The summed E-state index contributed by atoms with van der Waals surface area (Å²) in [4.78, 5) is 5.41. The van der Waals surface area contributed by atoms with Crippen LogP contribution in [0.25, 0.3) is 0 Å². The fourth-order valence-electron chi connectivity index (χ4n) is 7.73. The van der Waals surface area contributed by atoms with Crippen LogP contribution in [0.1, 0.15) is 72.6 Å². The van der Waals surface area contributed by atoms with Crippen molar-refractivity contribution in [2.75, 3.05) is 53.0 Å². The number of rotatable bonds is 10. The van der Waals surface area contributed by atoms with Gasteiger partial charge in [0.25, 0.3) is 0 Å². The van der Waals surface area contributed by atoms with Gasteiger partial charge in [0.05, 0.1) is 18.8 Å². The van der Waals surface area contributed by atoms with Crippen LogP contribution in [0.5, 0.6) is 0 Å². The Morgan fingerprint density at radius 3 is 2.67 bits per heavy atom. The van der Waals surface area contributed by atoms with Crippen molar-refractivity contribution in [3.8, 4) is 0 Å².